The van der Waals surface area contributed by atoms with Crippen molar-refractivity contribution in [1.29, 1.82) is 0 Å². The molecule has 1 aromatic rings. The van der Waals surface area contributed by atoms with E-state index in [2.05, 4.69) is 0 Å². The highest BCUT2D eigenvalue weighted by Crippen LogP contribution is 2.41. The lowest BCUT2D eigenvalue weighted by molar-refractivity contribution is -0.185. The van der Waals surface area contributed by atoms with E-state index in [1.165, 1.54) is 0 Å². The highest BCUT2D eigenvalue weighted by Gasteiger charge is 2.42. The predicted octanol–water partition coefficient (Wildman–Crippen LogP) is 5.27. The van der Waals surface area contributed by atoms with Gasteiger partial charge < -0.3 is 5.11 Å². The molecule has 1 atom stereocenters. The Hall–Kier alpha value is -0.450. The van der Waals surface area contributed by atoms with Gasteiger partial charge in [0.2, 0.25) is 0 Å². The zero-order valence-electron chi connectivity index (χ0n) is 11.3. The minimum absolute atomic E-state index is 0.0968. The van der Waals surface area contributed by atoms with Gasteiger partial charge in [-0.05, 0) is 49.3 Å². The predicted molar refractivity (Wildman–Crippen MR) is 77.7 cm³/mol. The number of alkyl halides is 3. The Morgan fingerprint density at radius 3 is 2.29 bits per heavy atom. The van der Waals surface area contributed by atoms with Crippen LogP contribution < -0.4 is 0 Å². The summed E-state index contributed by atoms with van der Waals surface area (Å²) in [6.45, 7) is 0. The van der Waals surface area contributed by atoms with E-state index in [0.717, 1.165) is 5.56 Å². The molecule has 118 valence electrons. The zero-order valence-corrected chi connectivity index (χ0v) is 12.8. The van der Waals surface area contributed by atoms with Crippen molar-refractivity contribution < 1.29 is 18.3 Å². The van der Waals surface area contributed by atoms with Gasteiger partial charge in [-0.1, -0.05) is 29.3 Å². The lowest BCUT2D eigenvalue weighted by Crippen LogP contribution is -2.32. The molecule has 1 aromatic carbocycles. The maximum Gasteiger partial charge on any atom is 0.391 e. The molecular formula is C15H17Cl2F3O. The molecule has 0 bridgehead atoms. The van der Waals surface area contributed by atoms with Gasteiger partial charge in [-0.25, -0.2) is 0 Å². The van der Waals surface area contributed by atoms with Gasteiger partial charge in [0.15, 0.2) is 0 Å². The monoisotopic (exact) mass is 340 g/mol. The zero-order chi connectivity index (χ0) is 15.6. The fraction of sp³-hybridized carbons (Fsp3) is 0.600. The van der Waals surface area contributed by atoms with E-state index in [1.807, 2.05) is 0 Å². The minimum atomic E-state index is -4.12. The Balaban J connectivity index is 1.92. The quantitative estimate of drug-likeness (QED) is 0.795. The number of hydrogen-bond donors (Lipinski definition) is 1. The van der Waals surface area contributed by atoms with Crippen LogP contribution in [0.5, 0.6) is 0 Å². The maximum atomic E-state index is 12.6. The number of rotatable bonds is 3. The summed E-state index contributed by atoms with van der Waals surface area (Å²) in [4.78, 5) is 0. The van der Waals surface area contributed by atoms with Crippen molar-refractivity contribution in [3.05, 3.63) is 33.8 Å². The summed E-state index contributed by atoms with van der Waals surface area (Å²) in [5.41, 5.74) is 0.770. The molecule has 0 heterocycles. The van der Waals surface area contributed by atoms with Crippen LogP contribution in [-0.4, -0.2) is 17.4 Å². The van der Waals surface area contributed by atoms with Crippen molar-refractivity contribution in [3.63, 3.8) is 0 Å². The molecule has 1 N–H and O–H groups in total. The second kappa shape index (κ2) is 6.76. The largest absolute Gasteiger partial charge is 0.392 e. The Morgan fingerprint density at radius 2 is 1.76 bits per heavy atom. The summed E-state index contributed by atoms with van der Waals surface area (Å²) in [5, 5.41) is 11.2. The number of aliphatic hydroxyl groups excluding tert-OH is 1. The lowest BCUT2D eigenvalue weighted by atomic mass is 9.78. The van der Waals surface area contributed by atoms with Crippen molar-refractivity contribution in [2.24, 2.45) is 11.8 Å². The Morgan fingerprint density at radius 1 is 1.14 bits per heavy atom. The van der Waals surface area contributed by atoms with Gasteiger partial charge in [0.25, 0.3) is 0 Å². The topological polar surface area (TPSA) is 20.2 Å². The molecule has 0 aromatic heterocycles. The average molecular weight is 341 g/mol. The van der Waals surface area contributed by atoms with Gasteiger partial charge in [-0.2, -0.15) is 13.2 Å². The van der Waals surface area contributed by atoms with Gasteiger partial charge in [-0.15, -0.1) is 0 Å². The smallest absolute Gasteiger partial charge is 0.391 e. The lowest BCUT2D eigenvalue weighted by Gasteiger charge is -2.32. The van der Waals surface area contributed by atoms with Crippen LogP contribution in [0.3, 0.4) is 0 Å². The molecule has 21 heavy (non-hydrogen) atoms. The molecule has 0 radical (unpaired) electrons. The molecule has 2 rings (SSSR count). The van der Waals surface area contributed by atoms with E-state index in [1.54, 1.807) is 18.2 Å². The third kappa shape index (κ3) is 4.51. The van der Waals surface area contributed by atoms with Crippen LogP contribution in [0.25, 0.3) is 0 Å². The fourth-order valence-corrected chi connectivity index (χ4v) is 3.40. The SMILES string of the molecule is OC(Cc1ccc(Cl)cc1Cl)C1CCC(C(F)(F)F)CC1. The summed E-state index contributed by atoms with van der Waals surface area (Å²) >= 11 is 11.9. The van der Waals surface area contributed by atoms with Gasteiger partial charge >= 0.3 is 6.18 Å². The molecule has 1 aliphatic carbocycles. The highest BCUT2D eigenvalue weighted by molar-refractivity contribution is 6.35. The molecule has 0 aliphatic heterocycles. The first-order chi connectivity index (χ1) is 9.77. The molecule has 0 saturated heterocycles. The Bertz CT molecular complexity index is 482. The van der Waals surface area contributed by atoms with Crippen molar-refractivity contribution in [2.45, 2.75) is 44.4 Å². The average Bonchev–Trinajstić information content (AvgIpc) is 2.41. The number of benzene rings is 1. The first-order valence-electron chi connectivity index (χ1n) is 6.96. The third-order valence-corrected chi connectivity index (χ3v) is 4.81. The van der Waals surface area contributed by atoms with Crippen molar-refractivity contribution in [3.8, 4) is 0 Å². The number of halogens is 5. The fourth-order valence-electron chi connectivity index (χ4n) is 2.91. The van der Waals surface area contributed by atoms with Gasteiger partial charge in [-0.3, -0.25) is 0 Å². The third-order valence-electron chi connectivity index (χ3n) is 4.22. The van der Waals surface area contributed by atoms with Crippen LogP contribution in [0.2, 0.25) is 10.0 Å². The minimum Gasteiger partial charge on any atom is -0.392 e. The summed E-state index contributed by atoms with van der Waals surface area (Å²) < 4.78 is 37.8. The normalized spacial score (nSPS) is 24.9. The van der Waals surface area contributed by atoms with Crippen molar-refractivity contribution in [2.75, 3.05) is 0 Å². The van der Waals surface area contributed by atoms with Gasteiger partial charge in [0.1, 0.15) is 0 Å². The second-order valence-corrected chi connectivity index (χ2v) is 6.50. The van der Waals surface area contributed by atoms with Crippen LogP contribution in [0, 0.1) is 11.8 Å². The molecule has 1 unspecified atom stereocenters. The van der Waals surface area contributed by atoms with Crippen molar-refractivity contribution >= 4 is 23.2 Å². The van der Waals surface area contributed by atoms with Gasteiger partial charge in [0.05, 0.1) is 12.0 Å². The van der Waals surface area contributed by atoms with E-state index >= 15 is 0 Å². The van der Waals surface area contributed by atoms with Crippen molar-refractivity contribution in [1.82, 2.24) is 0 Å². The van der Waals surface area contributed by atoms with E-state index in [-0.39, 0.29) is 18.8 Å². The van der Waals surface area contributed by atoms with Crippen LogP contribution in [-0.2, 0) is 6.42 Å². The van der Waals surface area contributed by atoms with Gasteiger partial charge in [0, 0.05) is 16.5 Å². The molecule has 1 aliphatic rings. The van der Waals surface area contributed by atoms with E-state index < -0.39 is 18.2 Å². The number of hydrogen-bond acceptors (Lipinski definition) is 1. The van der Waals surface area contributed by atoms with Crippen LogP contribution in [0.15, 0.2) is 18.2 Å². The molecule has 1 fully saturated rings. The highest BCUT2D eigenvalue weighted by atomic mass is 35.5. The summed E-state index contributed by atoms with van der Waals surface area (Å²) in [7, 11) is 0. The second-order valence-electron chi connectivity index (χ2n) is 5.66. The Kier molecular flexibility index (Phi) is 5.44. The molecule has 0 amide bonds. The molecule has 1 saturated carbocycles. The molecule has 0 spiro atoms. The standard InChI is InChI=1S/C15H17Cl2F3O/c16-12-6-3-10(13(17)8-12)7-14(21)9-1-4-11(5-2-9)15(18,19)20/h3,6,8-9,11,14,21H,1-2,4-5,7H2. The van der Waals surface area contributed by atoms with E-state index in [0.29, 0.717) is 29.3 Å². The molecule has 6 heteroatoms. The summed E-state index contributed by atoms with van der Waals surface area (Å²) in [6.07, 6.45) is -3.45. The molecular weight excluding hydrogens is 324 g/mol. The van der Waals surface area contributed by atoms with Crippen LogP contribution in [0.1, 0.15) is 31.2 Å². The summed E-state index contributed by atoms with van der Waals surface area (Å²) in [6, 6.07) is 5.04. The summed E-state index contributed by atoms with van der Waals surface area (Å²) in [5.74, 6) is -1.32. The number of aliphatic hydroxyl groups is 1. The van der Waals surface area contributed by atoms with E-state index in [9.17, 15) is 18.3 Å². The molecule has 1 nitrogen and oxygen atoms in total. The first kappa shape index (κ1) is 16.9. The maximum absolute atomic E-state index is 12.6. The first-order valence-corrected chi connectivity index (χ1v) is 7.71. The van der Waals surface area contributed by atoms with Crippen LogP contribution in [0.4, 0.5) is 13.2 Å². The van der Waals surface area contributed by atoms with E-state index in [4.69, 9.17) is 23.2 Å². The Labute approximate surface area is 132 Å². The van der Waals surface area contributed by atoms with Crippen LogP contribution >= 0.6 is 23.2 Å².